The summed E-state index contributed by atoms with van der Waals surface area (Å²) < 4.78 is 0.913. The second-order valence-electron chi connectivity index (χ2n) is 3.82. The van der Waals surface area contributed by atoms with E-state index in [9.17, 15) is 0 Å². The molecule has 0 spiro atoms. The van der Waals surface area contributed by atoms with Gasteiger partial charge in [0.25, 0.3) is 0 Å². The van der Waals surface area contributed by atoms with Crippen molar-refractivity contribution in [3.8, 4) is 0 Å². The van der Waals surface area contributed by atoms with Gasteiger partial charge in [-0.2, -0.15) is 5.21 Å². The molecule has 1 heterocycles. The van der Waals surface area contributed by atoms with Crippen LogP contribution in [0.25, 0.3) is 0 Å². The normalized spacial score (nSPS) is 12.4. The van der Waals surface area contributed by atoms with Gasteiger partial charge in [-0.1, -0.05) is 5.21 Å². The summed E-state index contributed by atoms with van der Waals surface area (Å²) >= 11 is 3.47. The number of hydrogen-bond donors (Lipinski definition) is 3. The molecule has 1 aromatic carbocycles. The second-order valence-corrected chi connectivity index (χ2v) is 4.68. The fourth-order valence-electron chi connectivity index (χ4n) is 1.46. The van der Waals surface area contributed by atoms with Crippen LogP contribution < -0.4 is 11.1 Å². The average Bonchev–Trinajstić information content (AvgIpc) is 2.79. The van der Waals surface area contributed by atoms with Gasteiger partial charge in [-0.3, -0.25) is 0 Å². The highest BCUT2D eigenvalue weighted by atomic mass is 79.9. The smallest absolute Gasteiger partial charge is 0.196 e. The van der Waals surface area contributed by atoms with Crippen LogP contribution in [0.15, 0.2) is 16.6 Å². The summed E-state index contributed by atoms with van der Waals surface area (Å²) in [6.45, 7) is 3.93. The van der Waals surface area contributed by atoms with Crippen molar-refractivity contribution in [2.75, 3.05) is 11.1 Å². The first-order chi connectivity index (χ1) is 8.08. The minimum absolute atomic E-state index is 0.0342. The van der Waals surface area contributed by atoms with E-state index in [0.29, 0.717) is 5.82 Å². The molecule has 0 aliphatic carbocycles. The van der Waals surface area contributed by atoms with Crippen LogP contribution in [0.1, 0.15) is 24.4 Å². The van der Waals surface area contributed by atoms with Gasteiger partial charge in [-0.25, -0.2) is 0 Å². The standard InChI is InChI=1S/C10H13BrN6/c1-5-3-9(7(11)4-8(5)12)13-6(2)10-14-16-17-15-10/h3-4,6,13H,12H2,1-2H3,(H,14,15,16,17). The van der Waals surface area contributed by atoms with Gasteiger partial charge in [0.15, 0.2) is 5.82 Å². The van der Waals surface area contributed by atoms with E-state index in [1.165, 1.54) is 0 Å². The maximum Gasteiger partial charge on any atom is 0.196 e. The lowest BCUT2D eigenvalue weighted by molar-refractivity contribution is 0.793. The van der Waals surface area contributed by atoms with E-state index < -0.39 is 0 Å². The predicted octanol–water partition coefficient (Wildman–Crippen LogP) is 2.03. The quantitative estimate of drug-likeness (QED) is 0.754. The number of aromatic nitrogens is 4. The Hall–Kier alpha value is -1.63. The molecule has 0 amide bonds. The lowest BCUT2D eigenvalue weighted by Crippen LogP contribution is -2.09. The molecule has 0 saturated carbocycles. The van der Waals surface area contributed by atoms with E-state index in [0.717, 1.165) is 21.4 Å². The van der Waals surface area contributed by atoms with E-state index in [4.69, 9.17) is 5.73 Å². The van der Waals surface area contributed by atoms with Gasteiger partial charge < -0.3 is 11.1 Å². The van der Waals surface area contributed by atoms with Crippen molar-refractivity contribution in [2.24, 2.45) is 0 Å². The molecule has 0 fully saturated rings. The number of H-pyrrole nitrogens is 1. The number of aryl methyl sites for hydroxylation is 1. The Morgan fingerprint density at radius 1 is 1.47 bits per heavy atom. The number of nitrogens with two attached hydrogens (primary N) is 1. The highest BCUT2D eigenvalue weighted by Gasteiger charge is 2.12. The number of hydrogen-bond acceptors (Lipinski definition) is 5. The Morgan fingerprint density at radius 2 is 2.24 bits per heavy atom. The third-order valence-corrected chi connectivity index (χ3v) is 3.13. The molecule has 1 aromatic heterocycles. The molecular formula is C10H13BrN6. The van der Waals surface area contributed by atoms with Gasteiger partial charge in [-0.15, -0.1) is 10.2 Å². The Bertz CT molecular complexity index is 510. The molecule has 1 unspecified atom stereocenters. The zero-order valence-corrected chi connectivity index (χ0v) is 11.1. The molecule has 0 bridgehead atoms. The number of halogens is 1. The average molecular weight is 297 g/mol. The Kier molecular flexibility index (Phi) is 3.28. The van der Waals surface area contributed by atoms with E-state index in [1.54, 1.807) is 0 Å². The molecule has 0 aliphatic rings. The summed E-state index contributed by atoms with van der Waals surface area (Å²) in [5, 5.41) is 17.1. The van der Waals surface area contributed by atoms with Crippen LogP contribution in [0.4, 0.5) is 11.4 Å². The summed E-state index contributed by atoms with van der Waals surface area (Å²) in [5.74, 6) is 0.617. The zero-order valence-electron chi connectivity index (χ0n) is 9.53. The molecule has 0 radical (unpaired) electrons. The molecule has 90 valence electrons. The van der Waals surface area contributed by atoms with Crippen LogP contribution in [0, 0.1) is 6.92 Å². The summed E-state index contributed by atoms with van der Waals surface area (Å²) in [6, 6.07) is 3.82. The van der Waals surface area contributed by atoms with Crippen LogP contribution in [0.2, 0.25) is 0 Å². The molecule has 2 rings (SSSR count). The highest BCUT2D eigenvalue weighted by molar-refractivity contribution is 9.10. The van der Waals surface area contributed by atoms with Gasteiger partial charge in [0.2, 0.25) is 0 Å². The Morgan fingerprint density at radius 3 is 2.88 bits per heavy atom. The van der Waals surface area contributed by atoms with E-state index >= 15 is 0 Å². The summed E-state index contributed by atoms with van der Waals surface area (Å²) in [7, 11) is 0. The predicted molar refractivity (Wildman–Crippen MR) is 69.5 cm³/mol. The number of nitrogens with zero attached hydrogens (tertiary/aromatic N) is 3. The molecule has 17 heavy (non-hydrogen) atoms. The van der Waals surface area contributed by atoms with Gasteiger partial charge in [0.05, 0.1) is 6.04 Å². The summed E-state index contributed by atoms with van der Waals surface area (Å²) in [4.78, 5) is 0. The van der Waals surface area contributed by atoms with Crippen molar-refractivity contribution in [2.45, 2.75) is 19.9 Å². The van der Waals surface area contributed by atoms with Crippen LogP contribution in [-0.2, 0) is 0 Å². The molecule has 2 aromatic rings. The number of benzene rings is 1. The number of aromatic amines is 1. The first-order valence-electron chi connectivity index (χ1n) is 5.13. The van der Waals surface area contributed by atoms with Crippen molar-refractivity contribution in [3.05, 3.63) is 28.0 Å². The maximum absolute atomic E-state index is 5.82. The van der Waals surface area contributed by atoms with Gasteiger partial charge >= 0.3 is 0 Å². The first kappa shape index (κ1) is 11.8. The minimum Gasteiger partial charge on any atom is -0.398 e. The van der Waals surface area contributed by atoms with Crippen LogP contribution >= 0.6 is 15.9 Å². The van der Waals surface area contributed by atoms with E-state index in [1.807, 2.05) is 26.0 Å². The van der Waals surface area contributed by atoms with Crippen molar-refractivity contribution >= 4 is 27.3 Å². The fraction of sp³-hybridized carbons (Fsp3) is 0.300. The number of rotatable bonds is 3. The fourth-order valence-corrected chi connectivity index (χ4v) is 1.93. The van der Waals surface area contributed by atoms with Crippen molar-refractivity contribution < 1.29 is 0 Å². The maximum atomic E-state index is 5.82. The first-order valence-corrected chi connectivity index (χ1v) is 5.92. The largest absolute Gasteiger partial charge is 0.398 e. The highest BCUT2D eigenvalue weighted by Crippen LogP contribution is 2.29. The summed E-state index contributed by atoms with van der Waals surface area (Å²) in [6.07, 6.45) is 0. The molecule has 7 heteroatoms. The third-order valence-electron chi connectivity index (χ3n) is 2.48. The molecule has 4 N–H and O–H groups in total. The van der Waals surface area contributed by atoms with Crippen LogP contribution in [0.5, 0.6) is 0 Å². The monoisotopic (exact) mass is 296 g/mol. The lowest BCUT2D eigenvalue weighted by atomic mass is 10.1. The summed E-state index contributed by atoms with van der Waals surface area (Å²) in [5.41, 5.74) is 8.55. The zero-order chi connectivity index (χ0) is 12.4. The third kappa shape index (κ3) is 2.55. The molecular weight excluding hydrogens is 284 g/mol. The van der Waals surface area contributed by atoms with Crippen LogP contribution in [0.3, 0.4) is 0 Å². The van der Waals surface area contributed by atoms with Crippen molar-refractivity contribution in [3.63, 3.8) is 0 Å². The van der Waals surface area contributed by atoms with E-state index in [2.05, 4.69) is 41.9 Å². The lowest BCUT2D eigenvalue weighted by Gasteiger charge is -2.14. The van der Waals surface area contributed by atoms with E-state index in [-0.39, 0.29) is 6.04 Å². The second kappa shape index (κ2) is 4.70. The molecule has 0 saturated heterocycles. The molecule has 6 nitrogen and oxygen atoms in total. The SMILES string of the molecule is Cc1cc(NC(C)c2nn[nH]n2)c(Br)cc1N. The number of nitrogens with one attached hydrogen (secondary N) is 2. The Balaban J connectivity index is 2.22. The number of tetrazole rings is 1. The molecule has 0 aliphatic heterocycles. The van der Waals surface area contributed by atoms with Crippen molar-refractivity contribution in [1.82, 2.24) is 20.6 Å². The van der Waals surface area contributed by atoms with Crippen molar-refractivity contribution in [1.29, 1.82) is 0 Å². The molecule has 1 atom stereocenters. The Labute approximate surface area is 107 Å². The van der Waals surface area contributed by atoms with Crippen LogP contribution in [-0.4, -0.2) is 20.6 Å². The van der Waals surface area contributed by atoms with Gasteiger partial charge in [-0.05, 0) is 47.5 Å². The topological polar surface area (TPSA) is 92.5 Å². The van der Waals surface area contributed by atoms with Gasteiger partial charge in [0, 0.05) is 15.8 Å². The number of anilines is 2. The van der Waals surface area contributed by atoms with Gasteiger partial charge in [0.1, 0.15) is 0 Å². The number of nitrogen functional groups attached to an aromatic ring is 1. The minimum atomic E-state index is -0.0342.